The summed E-state index contributed by atoms with van der Waals surface area (Å²) in [4.78, 5) is 21.0. The molecule has 4 heterocycles. The van der Waals surface area contributed by atoms with Crippen LogP contribution in [0.1, 0.15) is 43.0 Å². The van der Waals surface area contributed by atoms with Crippen molar-refractivity contribution in [2.75, 3.05) is 20.2 Å². The van der Waals surface area contributed by atoms with E-state index < -0.39 is 0 Å². The predicted octanol–water partition coefficient (Wildman–Crippen LogP) is 5.21. The maximum atomic E-state index is 13.8. The smallest absolute Gasteiger partial charge is 0.254 e. The van der Waals surface area contributed by atoms with Crippen LogP contribution in [0.3, 0.4) is 0 Å². The Bertz CT molecular complexity index is 1810. The molecular weight excluding hydrogens is 526 g/mol. The molecule has 0 spiro atoms. The standard InChI is InChI=1S/C33H39N7O2/c1-20-8-11-25(15-34)39(17-20)33(41)23-12-27-31(29(14-23)42-4)38(3)32(36-27)28-13-22-6-5-7-26(24-16-35-37(2)19-24)30(22)40(28)18-21-9-10-21/h5-7,12-14,16,19-21,25H,8-11,15,17-18,34H2,1-4H3/t20-,25-/m1/s1. The Labute approximate surface area is 245 Å². The largest absolute Gasteiger partial charge is 0.494 e. The molecule has 2 atom stereocenters. The molecule has 9 heteroatoms. The van der Waals surface area contributed by atoms with Gasteiger partial charge in [-0.25, -0.2) is 4.98 Å². The molecule has 9 nitrogen and oxygen atoms in total. The van der Waals surface area contributed by atoms with Gasteiger partial charge in [0, 0.05) is 68.0 Å². The number of benzene rings is 2. The third-order valence-electron chi connectivity index (χ3n) is 9.18. The molecule has 2 aliphatic rings. The average Bonchev–Trinajstić information content (AvgIpc) is 3.45. The van der Waals surface area contributed by atoms with Crippen molar-refractivity contribution in [3.05, 3.63) is 54.4 Å². The van der Waals surface area contributed by atoms with Gasteiger partial charge >= 0.3 is 0 Å². The number of hydrogen-bond donors (Lipinski definition) is 1. The minimum Gasteiger partial charge on any atom is -0.494 e. The first kappa shape index (κ1) is 26.8. The number of nitrogens with two attached hydrogens (primary N) is 1. The van der Waals surface area contributed by atoms with E-state index in [1.807, 2.05) is 42.0 Å². The van der Waals surface area contributed by atoms with Gasteiger partial charge in [-0.2, -0.15) is 5.10 Å². The number of aromatic nitrogens is 5. The SMILES string of the molecule is COc1cc(C(=O)N2C[C@H](C)CC[C@@H]2CN)cc2nc(-c3cc4cccc(-c5cnn(C)c5)c4n3CC3CC3)n(C)c12. The zero-order chi connectivity index (χ0) is 29.1. The van der Waals surface area contributed by atoms with E-state index in [0.29, 0.717) is 29.7 Å². The van der Waals surface area contributed by atoms with Gasteiger partial charge in [-0.05, 0) is 55.7 Å². The van der Waals surface area contributed by atoms with Crippen LogP contribution in [0.5, 0.6) is 5.75 Å². The number of ether oxygens (including phenoxy) is 1. The van der Waals surface area contributed by atoms with E-state index in [-0.39, 0.29) is 11.9 Å². The van der Waals surface area contributed by atoms with Gasteiger partial charge in [0.05, 0.1) is 30.0 Å². The van der Waals surface area contributed by atoms with Crippen LogP contribution in [0.25, 0.3) is 44.6 Å². The summed E-state index contributed by atoms with van der Waals surface area (Å²) in [6.07, 6.45) is 8.52. The van der Waals surface area contributed by atoms with Crippen molar-refractivity contribution in [2.45, 2.75) is 45.2 Å². The van der Waals surface area contributed by atoms with Crippen LogP contribution in [-0.4, -0.2) is 60.9 Å². The number of carbonyl (C=O) groups is 1. The Morgan fingerprint density at radius 3 is 2.64 bits per heavy atom. The van der Waals surface area contributed by atoms with Gasteiger partial charge in [0.2, 0.25) is 0 Å². The molecule has 2 aromatic carbocycles. The molecule has 1 aliphatic carbocycles. The normalized spacial score (nSPS) is 19.2. The molecule has 3 aromatic heterocycles. The highest BCUT2D eigenvalue weighted by Gasteiger charge is 2.31. The summed E-state index contributed by atoms with van der Waals surface area (Å²) in [7, 11) is 5.64. The van der Waals surface area contributed by atoms with Gasteiger partial charge in [0.25, 0.3) is 5.91 Å². The molecule has 42 heavy (non-hydrogen) atoms. The molecule has 1 aliphatic heterocycles. The van der Waals surface area contributed by atoms with Crippen molar-refractivity contribution in [1.82, 2.24) is 28.8 Å². The number of aryl methyl sites for hydroxylation is 2. The first-order valence-corrected chi connectivity index (χ1v) is 15.0. The maximum Gasteiger partial charge on any atom is 0.254 e. The molecule has 7 rings (SSSR count). The number of carbonyl (C=O) groups excluding carboxylic acids is 1. The third kappa shape index (κ3) is 4.47. The Balaban J connectivity index is 1.38. The van der Waals surface area contributed by atoms with E-state index in [2.05, 4.69) is 51.6 Å². The fourth-order valence-electron chi connectivity index (χ4n) is 6.74. The lowest BCUT2D eigenvalue weighted by Crippen LogP contribution is -2.49. The van der Waals surface area contributed by atoms with Crippen LogP contribution in [0.4, 0.5) is 0 Å². The van der Waals surface area contributed by atoms with Gasteiger partial charge in [0.1, 0.15) is 11.3 Å². The summed E-state index contributed by atoms with van der Waals surface area (Å²) in [6.45, 7) is 4.32. The first-order valence-electron chi connectivity index (χ1n) is 15.0. The quantitative estimate of drug-likeness (QED) is 0.292. The van der Waals surface area contributed by atoms with Crippen molar-refractivity contribution in [3.8, 4) is 28.4 Å². The molecule has 0 unspecified atom stereocenters. The van der Waals surface area contributed by atoms with E-state index in [1.165, 1.54) is 29.3 Å². The van der Waals surface area contributed by atoms with Crippen LogP contribution in [0.15, 0.2) is 48.8 Å². The van der Waals surface area contributed by atoms with Gasteiger partial charge in [-0.15, -0.1) is 0 Å². The topological polar surface area (TPSA) is 96.1 Å². The molecule has 1 amide bonds. The summed E-state index contributed by atoms with van der Waals surface area (Å²) in [5.74, 6) is 2.61. The maximum absolute atomic E-state index is 13.8. The van der Waals surface area contributed by atoms with Crippen molar-refractivity contribution in [2.24, 2.45) is 31.7 Å². The molecule has 2 fully saturated rings. The lowest BCUT2D eigenvalue weighted by Gasteiger charge is -2.38. The minimum atomic E-state index is -0.00615. The molecule has 5 aromatic rings. The fourth-order valence-corrected chi connectivity index (χ4v) is 6.74. The second-order valence-electron chi connectivity index (χ2n) is 12.3. The highest BCUT2D eigenvalue weighted by Crippen LogP contribution is 2.40. The summed E-state index contributed by atoms with van der Waals surface area (Å²) in [5, 5.41) is 5.61. The molecule has 0 radical (unpaired) electrons. The lowest BCUT2D eigenvalue weighted by atomic mass is 9.93. The van der Waals surface area contributed by atoms with Crippen molar-refractivity contribution < 1.29 is 9.53 Å². The highest BCUT2D eigenvalue weighted by atomic mass is 16.5. The zero-order valence-electron chi connectivity index (χ0n) is 24.9. The van der Waals surface area contributed by atoms with E-state index in [0.717, 1.165) is 54.0 Å². The number of nitrogens with zero attached hydrogens (tertiary/aromatic N) is 6. The van der Waals surface area contributed by atoms with Crippen molar-refractivity contribution in [3.63, 3.8) is 0 Å². The van der Waals surface area contributed by atoms with E-state index >= 15 is 0 Å². The Hall–Kier alpha value is -4.11. The molecule has 218 valence electrons. The number of rotatable bonds is 7. The van der Waals surface area contributed by atoms with Crippen LogP contribution in [0.2, 0.25) is 0 Å². The molecule has 1 saturated carbocycles. The summed E-state index contributed by atoms with van der Waals surface area (Å²) in [6, 6.07) is 12.6. The molecule has 1 saturated heterocycles. The number of piperidine rings is 1. The number of methoxy groups -OCH3 is 1. The Morgan fingerprint density at radius 1 is 1.10 bits per heavy atom. The number of fused-ring (bicyclic) bond motifs is 2. The zero-order valence-corrected chi connectivity index (χ0v) is 24.9. The monoisotopic (exact) mass is 565 g/mol. The van der Waals surface area contributed by atoms with E-state index in [1.54, 1.807) is 7.11 Å². The summed E-state index contributed by atoms with van der Waals surface area (Å²) < 4.78 is 12.3. The van der Waals surface area contributed by atoms with Crippen molar-refractivity contribution >= 4 is 27.8 Å². The highest BCUT2D eigenvalue weighted by molar-refractivity contribution is 6.01. The van der Waals surface area contributed by atoms with Gasteiger partial charge in [-0.3, -0.25) is 9.48 Å². The second kappa shape index (κ2) is 10.3. The summed E-state index contributed by atoms with van der Waals surface area (Å²) >= 11 is 0. The van der Waals surface area contributed by atoms with Crippen molar-refractivity contribution in [1.29, 1.82) is 0 Å². The average molecular weight is 566 g/mol. The fraction of sp³-hybridized carbons (Fsp3) is 0.424. The molecule has 0 bridgehead atoms. The van der Waals surface area contributed by atoms with Crippen LogP contribution in [0, 0.1) is 11.8 Å². The number of likely N-dealkylation sites (tertiary alicyclic amines) is 1. The van der Waals surface area contributed by atoms with Crippen LogP contribution >= 0.6 is 0 Å². The van der Waals surface area contributed by atoms with Gasteiger partial charge < -0.3 is 24.5 Å². The number of hydrogen-bond acceptors (Lipinski definition) is 5. The summed E-state index contributed by atoms with van der Waals surface area (Å²) in [5.41, 5.74) is 12.8. The van der Waals surface area contributed by atoms with Gasteiger partial charge in [-0.1, -0.05) is 25.1 Å². The van der Waals surface area contributed by atoms with Crippen LogP contribution in [-0.2, 0) is 20.6 Å². The predicted molar refractivity (Wildman–Crippen MR) is 165 cm³/mol. The molecular formula is C33H39N7O2. The first-order chi connectivity index (χ1) is 20.4. The van der Waals surface area contributed by atoms with Gasteiger partial charge in [0.15, 0.2) is 5.82 Å². The molecule has 2 N–H and O–H groups in total. The Kier molecular flexibility index (Phi) is 6.57. The number of imidazole rings is 1. The van der Waals surface area contributed by atoms with Crippen LogP contribution < -0.4 is 10.5 Å². The third-order valence-corrected chi connectivity index (χ3v) is 9.18. The number of para-hydroxylation sites is 1. The van der Waals surface area contributed by atoms with E-state index in [9.17, 15) is 4.79 Å². The van der Waals surface area contributed by atoms with E-state index in [4.69, 9.17) is 15.5 Å². The Morgan fingerprint density at radius 2 is 1.93 bits per heavy atom. The minimum absolute atomic E-state index is 0.00615. The second-order valence-corrected chi connectivity index (χ2v) is 12.3. The lowest BCUT2D eigenvalue weighted by molar-refractivity contribution is 0.0559. The number of amides is 1.